The summed E-state index contributed by atoms with van der Waals surface area (Å²) < 4.78 is 18.6. The number of benzene rings is 2. The maximum atomic E-state index is 12.9. The number of amides is 2. The molecule has 2 amide bonds. The Hall–Kier alpha value is -3.48. The summed E-state index contributed by atoms with van der Waals surface area (Å²) in [5, 5.41) is 6.10. The van der Waals surface area contributed by atoms with Gasteiger partial charge in [-0.05, 0) is 29.8 Å². The molecule has 0 aromatic heterocycles. The van der Waals surface area contributed by atoms with Crippen LogP contribution in [0.5, 0.6) is 5.75 Å². The predicted octanol–water partition coefficient (Wildman–Crippen LogP) is 2.16. The fourth-order valence-corrected chi connectivity index (χ4v) is 1.92. The number of hydrogen-bond donors (Lipinski definition) is 2. The Balaban J connectivity index is 1.95. The highest BCUT2D eigenvalue weighted by molar-refractivity contribution is 6.35. The molecule has 0 saturated heterocycles. The van der Waals surface area contributed by atoms with Crippen molar-refractivity contribution >= 4 is 18.0 Å². The molecule has 0 spiro atoms. The minimum absolute atomic E-state index is 0.191. The molecule has 2 aromatic rings. The van der Waals surface area contributed by atoms with E-state index in [4.69, 9.17) is 4.74 Å². The Labute approximate surface area is 150 Å². The number of hydrogen-bond acceptors (Lipinski definition) is 4. The molecule has 0 radical (unpaired) electrons. The summed E-state index contributed by atoms with van der Waals surface area (Å²) in [5.74, 6) is -1.46. The molecule has 26 heavy (non-hydrogen) atoms. The molecule has 7 heteroatoms. The van der Waals surface area contributed by atoms with Crippen molar-refractivity contribution in [3.05, 3.63) is 78.1 Å². The topological polar surface area (TPSA) is 79.8 Å². The minimum atomic E-state index is -0.882. The first-order valence-electron chi connectivity index (χ1n) is 7.78. The van der Waals surface area contributed by atoms with Gasteiger partial charge in [-0.2, -0.15) is 5.10 Å². The number of rotatable bonds is 7. The maximum Gasteiger partial charge on any atom is 0.329 e. The van der Waals surface area contributed by atoms with Crippen LogP contribution in [-0.2, 0) is 16.2 Å². The van der Waals surface area contributed by atoms with Crippen molar-refractivity contribution in [1.29, 1.82) is 0 Å². The molecule has 0 aliphatic carbocycles. The predicted molar refractivity (Wildman–Crippen MR) is 96.1 cm³/mol. The Morgan fingerprint density at radius 1 is 1.12 bits per heavy atom. The lowest BCUT2D eigenvalue weighted by molar-refractivity contribution is -0.139. The van der Waals surface area contributed by atoms with Gasteiger partial charge >= 0.3 is 11.8 Å². The van der Waals surface area contributed by atoms with Gasteiger partial charge in [0.1, 0.15) is 18.2 Å². The average molecular weight is 355 g/mol. The van der Waals surface area contributed by atoms with Crippen LogP contribution in [0.2, 0.25) is 0 Å². The van der Waals surface area contributed by atoms with Gasteiger partial charge in [-0.25, -0.2) is 9.82 Å². The zero-order valence-electron chi connectivity index (χ0n) is 13.9. The summed E-state index contributed by atoms with van der Waals surface area (Å²) in [6.07, 6.45) is 2.84. The zero-order chi connectivity index (χ0) is 18.8. The Morgan fingerprint density at radius 2 is 1.85 bits per heavy atom. The second-order valence-electron chi connectivity index (χ2n) is 5.15. The number of carbonyl (C=O) groups excluding carboxylic acids is 2. The first kappa shape index (κ1) is 18.9. The van der Waals surface area contributed by atoms with Gasteiger partial charge in [-0.3, -0.25) is 9.59 Å². The van der Waals surface area contributed by atoms with Gasteiger partial charge in [0.05, 0.1) is 6.21 Å². The zero-order valence-corrected chi connectivity index (χ0v) is 13.9. The van der Waals surface area contributed by atoms with Crippen molar-refractivity contribution in [3.8, 4) is 5.75 Å². The minimum Gasteiger partial charge on any atom is -0.488 e. The fraction of sp³-hybridized carbons (Fsp3) is 0.105. The fourth-order valence-electron chi connectivity index (χ4n) is 1.92. The summed E-state index contributed by atoms with van der Waals surface area (Å²) in [5.41, 5.74) is 3.56. The smallest absolute Gasteiger partial charge is 0.329 e. The number of nitrogens with one attached hydrogen (secondary N) is 2. The molecule has 0 saturated carbocycles. The van der Waals surface area contributed by atoms with E-state index in [1.54, 1.807) is 36.4 Å². The van der Waals surface area contributed by atoms with Crippen LogP contribution in [0.4, 0.5) is 4.39 Å². The summed E-state index contributed by atoms with van der Waals surface area (Å²) in [4.78, 5) is 22.9. The molecule has 2 aromatic carbocycles. The van der Waals surface area contributed by atoms with E-state index in [1.165, 1.54) is 24.4 Å². The van der Waals surface area contributed by atoms with Crippen LogP contribution in [-0.4, -0.2) is 24.6 Å². The normalized spacial score (nSPS) is 10.3. The monoisotopic (exact) mass is 355 g/mol. The summed E-state index contributed by atoms with van der Waals surface area (Å²) in [7, 11) is 0. The first-order valence-corrected chi connectivity index (χ1v) is 7.78. The van der Waals surface area contributed by atoms with Crippen molar-refractivity contribution in [2.24, 2.45) is 5.10 Å². The van der Waals surface area contributed by atoms with Crippen molar-refractivity contribution in [1.82, 2.24) is 10.7 Å². The molecule has 2 rings (SSSR count). The number of ether oxygens (including phenoxy) is 1. The molecule has 0 aliphatic heterocycles. The van der Waals surface area contributed by atoms with Crippen molar-refractivity contribution in [2.75, 3.05) is 6.54 Å². The van der Waals surface area contributed by atoms with E-state index in [1.807, 2.05) is 0 Å². The maximum absolute atomic E-state index is 12.9. The summed E-state index contributed by atoms with van der Waals surface area (Å²) >= 11 is 0. The van der Waals surface area contributed by atoms with Crippen LogP contribution in [0.25, 0.3) is 0 Å². The number of carbonyl (C=O) groups is 2. The third kappa shape index (κ3) is 5.86. The molecule has 6 nitrogen and oxygen atoms in total. The molecule has 0 unspecified atom stereocenters. The lowest BCUT2D eigenvalue weighted by Crippen LogP contribution is -2.37. The van der Waals surface area contributed by atoms with Gasteiger partial charge in [-0.1, -0.05) is 30.3 Å². The molecule has 0 aliphatic rings. The van der Waals surface area contributed by atoms with Crippen LogP contribution >= 0.6 is 0 Å². The number of halogens is 1. The number of para-hydroxylation sites is 1. The number of nitrogens with zero attached hydrogens (tertiary/aromatic N) is 1. The quantitative estimate of drug-likeness (QED) is 0.346. The van der Waals surface area contributed by atoms with Gasteiger partial charge in [0.15, 0.2) is 0 Å². The molecular formula is C19H18FN3O3. The highest BCUT2D eigenvalue weighted by Gasteiger charge is 2.10. The van der Waals surface area contributed by atoms with Crippen molar-refractivity contribution in [3.63, 3.8) is 0 Å². The van der Waals surface area contributed by atoms with Gasteiger partial charge in [0, 0.05) is 12.1 Å². The van der Waals surface area contributed by atoms with Crippen LogP contribution in [0.3, 0.4) is 0 Å². The molecular weight excluding hydrogens is 337 g/mol. The second kappa shape index (κ2) is 9.73. The van der Waals surface area contributed by atoms with Crippen LogP contribution in [0.1, 0.15) is 11.1 Å². The standard InChI is InChI=1S/C19H18FN3O3/c1-2-11-21-18(24)19(25)23-22-12-15-5-3-4-6-17(15)26-13-14-7-9-16(20)10-8-14/h2-10,12H,1,11,13H2,(H,21,24)(H,23,25)/b22-12-. The Morgan fingerprint density at radius 3 is 2.58 bits per heavy atom. The van der Waals surface area contributed by atoms with Crippen LogP contribution < -0.4 is 15.5 Å². The van der Waals surface area contributed by atoms with Gasteiger partial charge < -0.3 is 10.1 Å². The number of hydrazone groups is 1. The lowest BCUT2D eigenvalue weighted by atomic mass is 10.2. The van der Waals surface area contributed by atoms with Crippen molar-refractivity contribution < 1.29 is 18.7 Å². The second-order valence-corrected chi connectivity index (χ2v) is 5.15. The third-order valence-electron chi connectivity index (χ3n) is 3.21. The first-order chi connectivity index (χ1) is 12.6. The highest BCUT2D eigenvalue weighted by atomic mass is 19.1. The van der Waals surface area contributed by atoms with E-state index in [0.29, 0.717) is 11.3 Å². The summed E-state index contributed by atoms with van der Waals surface area (Å²) in [6, 6.07) is 13.0. The highest BCUT2D eigenvalue weighted by Crippen LogP contribution is 2.17. The summed E-state index contributed by atoms with van der Waals surface area (Å²) in [6.45, 7) is 3.88. The molecule has 134 valence electrons. The molecule has 0 bridgehead atoms. The van der Waals surface area contributed by atoms with E-state index in [-0.39, 0.29) is 19.0 Å². The van der Waals surface area contributed by atoms with E-state index in [2.05, 4.69) is 22.4 Å². The SMILES string of the molecule is C=CCNC(=O)C(=O)N/N=C\c1ccccc1OCc1ccc(F)cc1. The molecule has 0 atom stereocenters. The van der Waals surface area contributed by atoms with Gasteiger partial charge in [-0.15, -0.1) is 6.58 Å². The van der Waals surface area contributed by atoms with E-state index >= 15 is 0 Å². The molecule has 0 heterocycles. The van der Waals surface area contributed by atoms with E-state index in [9.17, 15) is 14.0 Å². The van der Waals surface area contributed by atoms with Crippen molar-refractivity contribution in [2.45, 2.75) is 6.61 Å². The van der Waals surface area contributed by atoms with Crippen LogP contribution in [0.15, 0.2) is 66.3 Å². The van der Waals surface area contributed by atoms with E-state index in [0.717, 1.165) is 5.56 Å². The van der Waals surface area contributed by atoms with E-state index < -0.39 is 11.8 Å². The Bertz CT molecular complexity index is 804. The van der Waals surface area contributed by atoms with Crippen LogP contribution in [0, 0.1) is 5.82 Å². The third-order valence-corrected chi connectivity index (χ3v) is 3.21. The largest absolute Gasteiger partial charge is 0.488 e. The molecule has 2 N–H and O–H groups in total. The lowest BCUT2D eigenvalue weighted by Gasteiger charge is -2.09. The Kier molecular flexibility index (Phi) is 7.05. The molecule has 0 fully saturated rings. The average Bonchev–Trinajstić information content (AvgIpc) is 2.66. The van der Waals surface area contributed by atoms with Gasteiger partial charge in [0.2, 0.25) is 0 Å². The van der Waals surface area contributed by atoms with Gasteiger partial charge in [0.25, 0.3) is 0 Å².